The van der Waals surface area contributed by atoms with Gasteiger partial charge < -0.3 is 24.6 Å². The minimum Gasteiger partial charge on any atom is -0.444 e. The first-order chi connectivity index (χ1) is 13.2. The van der Waals surface area contributed by atoms with Crippen LogP contribution >= 0.6 is 0 Å². The number of hydrogen-bond acceptors (Lipinski definition) is 7. The monoisotopic (exact) mass is 392 g/mol. The Morgan fingerprint density at radius 3 is 2.68 bits per heavy atom. The van der Waals surface area contributed by atoms with Crippen LogP contribution < -0.4 is 5.73 Å². The smallest absolute Gasteiger partial charge is 0.410 e. The minimum atomic E-state index is -0.507. The summed E-state index contributed by atoms with van der Waals surface area (Å²) in [7, 11) is 0. The lowest BCUT2D eigenvalue weighted by atomic mass is 10.1. The molecule has 1 aromatic carbocycles. The van der Waals surface area contributed by atoms with Crippen molar-refractivity contribution in [3.63, 3.8) is 0 Å². The number of rotatable bonds is 4. The van der Waals surface area contributed by atoms with Gasteiger partial charge >= 0.3 is 6.09 Å². The van der Waals surface area contributed by atoms with Crippen LogP contribution in [0.2, 0.25) is 0 Å². The zero-order valence-electron chi connectivity index (χ0n) is 16.3. The Morgan fingerprint density at radius 2 is 2.04 bits per heavy atom. The molecule has 0 radical (unpaired) electrons. The number of amides is 1. The number of carbonyl (C=O) groups excluding carboxylic acids is 1. The van der Waals surface area contributed by atoms with E-state index in [4.69, 9.17) is 19.7 Å². The molecule has 0 atom stereocenters. The van der Waals surface area contributed by atoms with Gasteiger partial charge in [0, 0.05) is 24.3 Å². The van der Waals surface area contributed by atoms with Crippen LogP contribution in [-0.2, 0) is 16.1 Å². The predicted octanol–water partition coefficient (Wildman–Crippen LogP) is 3.37. The van der Waals surface area contributed by atoms with Crippen LogP contribution in [0.5, 0.6) is 0 Å². The number of likely N-dealkylation sites (tertiary alicyclic amines) is 1. The third kappa shape index (κ3) is 5.41. The molecule has 1 aliphatic rings. The summed E-state index contributed by atoms with van der Waals surface area (Å²) in [6.45, 7) is 6.85. The molecule has 8 nitrogen and oxygen atoms in total. The lowest BCUT2D eigenvalue weighted by molar-refractivity contribution is -0.0190. The van der Waals surface area contributed by atoms with Crippen LogP contribution in [0.15, 0.2) is 22.7 Å². The largest absolute Gasteiger partial charge is 0.444 e. The molecule has 0 bridgehead atoms. The van der Waals surface area contributed by atoms with Crippen molar-refractivity contribution < 1.29 is 23.2 Å². The molecule has 1 saturated heterocycles. The second-order valence-electron chi connectivity index (χ2n) is 7.77. The van der Waals surface area contributed by atoms with Crippen molar-refractivity contribution in [1.82, 2.24) is 15.0 Å². The molecule has 28 heavy (non-hydrogen) atoms. The molecule has 9 heteroatoms. The summed E-state index contributed by atoms with van der Waals surface area (Å²) in [5.41, 5.74) is 5.83. The molecule has 0 aliphatic carbocycles. The van der Waals surface area contributed by atoms with Gasteiger partial charge in [-0.25, -0.2) is 9.18 Å². The van der Waals surface area contributed by atoms with Gasteiger partial charge in [0.2, 0.25) is 0 Å². The molecule has 2 N–H and O–H groups in total. The van der Waals surface area contributed by atoms with E-state index in [0.29, 0.717) is 37.3 Å². The van der Waals surface area contributed by atoms with Crippen LogP contribution in [-0.4, -0.2) is 45.9 Å². The van der Waals surface area contributed by atoms with Crippen molar-refractivity contribution in [1.29, 1.82) is 0 Å². The quantitative estimate of drug-likeness (QED) is 0.796. The number of benzene rings is 1. The van der Waals surface area contributed by atoms with E-state index in [0.717, 1.165) is 0 Å². The molecule has 0 unspecified atom stereocenters. The minimum absolute atomic E-state index is 0.00884. The maximum Gasteiger partial charge on any atom is 0.410 e. The number of halogens is 1. The van der Waals surface area contributed by atoms with E-state index in [9.17, 15) is 9.18 Å². The van der Waals surface area contributed by atoms with Crippen molar-refractivity contribution in [3.05, 3.63) is 29.8 Å². The average Bonchev–Trinajstić information content (AvgIpc) is 3.07. The van der Waals surface area contributed by atoms with Gasteiger partial charge in [-0.15, -0.1) is 0 Å². The van der Waals surface area contributed by atoms with Crippen molar-refractivity contribution >= 4 is 11.8 Å². The maximum absolute atomic E-state index is 13.5. The molecule has 3 rings (SSSR count). The molecule has 1 fully saturated rings. The topological polar surface area (TPSA) is 104 Å². The first kappa shape index (κ1) is 20.1. The van der Waals surface area contributed by atoms with Crippen LogP contribution in [0.25, 0.3) is 11.5 Å². The predicted molar refractivity (Wildman–Crippen MR) is 99.7 cm³/mol. The third-order valence-corrected chi connectivity index (χ3v) is 4.18. The fourth-order valence-corrected chi connectivity index (χ4v) is 2.89. The zero-order chi connectivity index (χ0) is 20.3. The summed E-state index contributed by atoms with van der Waals surface area (Å²) < 4.78 is 29.8. The van der Waals surface area contributed by atoms with Gasteiger partial charge in [0.15, 0.2) is 5.82 Å². The Hall–Kier alpha value is -2.68. The van der Waals surface area contributed by atoms with Crippen LogP contribution in [0.1, 0.15) is 39.4 Å². The van der Waals surface area contributed by atoms with E-state index in [-0.39, 0.29) is 30.4 Å². The highest BCUT2D eigenvalue weighted by molar-refractivity contribution is 5.68. The number of nitrogens with zero attached hydrogens (tertiary/aromatic N) is 3. The number of ether oxygens (including phenoxy) is 2. The number of anilines is 1. The zero-order valence-corrected chi connectivity index (χ0v) is 16.3. The normalized spacial score (nSPS) is 15.6. The van der Waals surface area contributed by atoms with Crippen molar-refractivity contribution in [3.8, 4) is 11.5 Å². The van der Waals surface area contributed by atoms with E-state index >= 15 is 0 Å². The molecular weight excluding hydrogens is 367 g/mol. The molecule has 1 aliphatic heterocycles. The molecular formula is C19H25FN4O4. The second kappa shape index (κ2) is 8.14. The van der Waals surface area contributed by atoms with Gasteiger partial charge in [0.1, 0.15) is 18.0 Å². The Morgan fingerprint density at radius 1 is 1.32 bits per heavy atom. The summed E-state index contributed by atoms with van der Waals surface area (Å²) in [5.74, 6) is 0.0831. The van der Waals surface area contributed by atoms with Crippen molar-refractivity contribution in [2.24, 2.45) is 0 Å². The van der Waals surface area contributed by atoms with Gasteiger partial charge in [0.25, 0.3) is 5.89 Å². The SMILES string of the molecule is CC(C)(C)OC(=O)N1CCC(OCc2noc(-c3cc(N)cc(F)c3)n2)CC1. The Labute approximate surface area is 162 Å². The van der Waals surface area contributed by atoms with Gasteiger partial charge in [0.05, 0.1) is 6.10 Å². The summed E-state index contributed by atoms with van der Waals surface area (Å²) >= 11 is 0. The third-order valence-electron chi connectivity index (χ3n) is 4.18. The van der Waals surface area contributed by atoms with Crippen LogP contribution in [0.3, 0.4) is 0 Å². The summed E-state index contributed by atoms with van der Waals surface area (Å²) in [6, 6.07) is 4.06. The van der Waals surface area contributed by atoms with E-state index in [1.54, 1.807) is 11.0 Å². The number of hydrogen-bond donors (Lipinski definition) is 1. The van der Waals surface area contributed by atoms with Gasteiger partial charge in [-0.2, -0.15) is 4.98 Å². The average molecular weight is 392 g/mol. The Balaban J connectivity index is 1.48. The summed E-state index contributed by atoms with van der Waals surface area (Å²) in [4.78, 5) is 18.0. The van der Waals surface area contributed by atoms with E-state index in [1.807, 2.05) is 20.8 Å². The highest BCUT2D eigenvalue weighted by Crippen LogP contribution is 2.22. The van der Waals surface area contributed by atoms with Crippen LogP contribution in [0, 0.1) is 5.82 Å². The maximum atomic E-state index is 13.5. The molecule has 1 aromatic heterocycles. The summed E-state index contributed by atoms with van der Waals surface area (Å²) in [6.07, 6.45) is 1.09. The van der Waals surface area contributed by atoms with Gasteiger partial charge in [-0.05, 0) is 51.8 Å². The standard InChI is InChI=1S/C19H25FN4O4/c1-19(2,3)27-18(25)24-6-4-15(5-7-24)26-11-16-22-17(28-23-16)12-8-13(20)10-14(21)9-12/h8-10,15H,4-7,11,21H2,1-3H3. The van der Waals surface area contributed by atoms with Gasteiger partial charge in [-0.3, -0.25) is 0 Å². The Bertz CT molecular complexity index is 805. The molecule has 152 valence electrons. The van der Waals surface area contributed by atoms with Crippen molar-refractivity contribution in [2.45, 2.75) is 51.9 Å². The highest BCUT2D eigenvalue weighted by atomic mass is 19.1. The van der Waals surface area contributed by atoms with E-state index in [2.05, 4.69) is 10.1 Å². The number of nitrogen functional groups attached to an aromatic ring is 1. The lowest BCUT2D eigenvalue weighted by Crippen LogP contribution is -2.43. The molecule has 0 spiro atoms. The molecule has 0 saturated carbocycles. The van der Waals surface area contributed by atoms with E-state index < -0.39 is 11.4 Å². The number of nitrogens with two attached hydrogens (primary N) is 1. The number of aromatic nitrogens is 2. The van der Waals surface area contributed by atoms with Crippen molar-refractivity contribution in [2.75, 3.05) is 18.8 Å². The molecule has 2 heterocycles. The highest BCUT2D eigenvalue weighted by Gasteiger charge is 2.27. The molecule has 2 aromatic rings. The molecule has 1 amide bonds. The first-order valence-corrected chi connectivity index (χ1v) is 9.18. The number of piperidine rings is 1. The summed E-state index contributed by atoms with van der Waals surface area (Å²) in [5, 5.41) is 3.86. The number of carbonyl (C=O) groups is 1. The fourth-order valence-electron chi connectivity index (χ4n) is 2.89. The fraction of sp³-hybridized carbons (Fsp3) is 0.526. The van der Waals surface area contributed by atoms with Gasteiger partial charge in [-0.1, -0.05) is 5.16 Å². The van der Waals surface area contributed by atoms with Crippen LogP contribution in [0.4, 0.5) is 14.9 Å². The first-order valence-electron chi connectivity index (χ1n) is 9.18. The second-order valence-corrected chi connectivity index (χ2v) is 7.77. The Kier molecular flexibility index (Phi) is 5.83. The lowest BCUT2D eigenvalue weighted by Gasteiger charge is -2.33. The van der Waals surface area contributed by atoms with E-state index in [1.165, 1.54) is 12.1 Å².